The zero-order valence-corrected chi connectivity index (χ0v) is 21.1. The molecule has 2 aliphatic rings. The highest BCUT2D eigenvalue weighted by atomic mass is 19.3. The van der Waals surface area contributed by atoms with Crippen LogP contribution in [0.4, 0.5) is 26.7 Å². The topological polar surface area (TPSA) is 87.3 Å². The highest BCUT2D eigenvalue weighted by Crippen LogP contribution is 2.41. The summed E-state index contributed by atoms with van der Waals surface area (Å²) in [5.74, 6) is -8.37. The molecule has 0 radical (unpaired) electrons. The number of fused-ring (bicyclic) bond motifs is 1. The number of nitrogens with one attached hydrogen (secondary N) is 2. The number of alkyl carbamates (subject to hydrolysis) is 1. The van der Waals surface area contributed by atoms with Gasteiger partial charge in [0.15, 0.2) is 5.82 Å². The summed E-state index contributed by atoms with van der Waals surface area (Å²) >= 11 is 0. The third kappa shape index (κ3) is 5.98. The lowest BCUT2D eigenvalue weighted by molar-refractivity contribution is -0.166. The molecule has 2 heterocycles. The molecule has 2 fully saturated rings. The number of imidazole rings is 1. The molecule has 0 bridgehead atoms. The number of amides is 2. The van der Waals surface area contributed by atoms with E-state index in [0.717, 1.165) is 4.90 Å². The van der Waals surface area contributed by atoms with Gasteiger partial charge in [-0.1, -0.05) is 6.07 Å². The Kier molecular flexibility index (Phi) is 6.91. The van der Waals surface area contributed by atoms with Crippen molar-refractivity contribution in [1.29, 1.82) is 0 Å². The van der Waals surface area contributed by atoms with Gasteiger partial charge in [-0.25, -0.2) is 31.7 Å². The summed E-state index contributed by atoms with van der Waals surface area (Å²) in [5.41, 5.74) is -0.617. The fraction of sp³-hybridized carbons (Fsp3) is 0.640. The Hall–Kier alpha value is -2.92. The van der Waals surface area contributed by atoms with Crippen LogP contribution >= 0.6 is 0 Å². The number of carbonyl (C=O) groups excluding carboxylic acids is 2. The van der Waals surface area contributed by atoms with Gasteiger partial charge in [-0.3, -0.25) is 4.79 Å². The van der Waals surface area contributed by atoms with Crippen molar-refractivity contribution in [3.8, 4) is 0 Å². The van der Waals surface area contributed by atoms with Crippen LogP contribution < -0.4 is 5.32 Å². The van der Waals surface area contributed by atoms with Crippen LogP contribution in [0.15, 0.2) is 12.1 Å². The van der Waals surface area contributed by atoms with Crippen LogP contribution in [0, 0.1) is 11.7 Å². The first-order valence-electron chi connectivity index (χ1n) is 12.3. The van der Waals surface area contributed by atoms with Crippen molar-refractivity contribution in [1.82, 2.24) is 20.2 Å². The van der Waals surface area contributed by atoms with Crippen LogP contribution in [0.2, 0.25) is 0 Å². The summed E-state index contributed by atoms with van der Waals surface area (Å²) in [6.07, 6.45) is -1.23. The van der Waals surface area contributed by atoms with E-state index in [-0.39, 0.29) is 48.1 Å². The number of aromatic nitrogens is 2. The molecule has 2 amide bonds. The van der Waals surface area contributed by atoms with E-state index < -0.39 is 66.2 Å². The van der Waals surface area contributed by atoms with Crippen LogP contribution in [0.3, 0.4) is 0 Å². The smallest absolute Gasteiger partial charge is 0.408 e. The molecule has 2 aromatic rings. The van der Waals surface area contributed by atoms with Crippen molar-refractivity contribution in [2.24, 2.45) is 5.92 Å². The average Bonchev–Trinajstić information content (AvgIpc) is 3.19. The largest absolute Gasteiger partial charge is 0.444 e. The Labute approximate surface area is 211 Å². The normalized spacial score (nSPS) is 21.3. The number of hydrogen-bond donors (Lipinski definition) is 2. The first-order valence-corrected chi connectivity index (χ1v) is 12.3. The maximum atomic E-state index is 15.5. The van der Waals surface area contributed by atoms with Crippen LogP contribution in [0.5, 0.6) is 0 Å². The summed E-state index contributed by atoms with van der Waals surface area (Å²) in [6, 6.07) is 2.05. The van der Waals surface area contributed by atoms with Gasteiger partial charge in [-0.05, 0) is 52.5 Å². The van der Waals surface area contributed by atoms with Gasteiger partial charge in [0, 0.05) is 18.4 Å². The van der Waals surface area contributed by atoms with E-state index in [1.165, 1.54) is 19.1 Å². The maximum absolute atomic E-state index is 15.5. The lowest BCUT2D eigenvalue weighted by atomic mass is 9.81. The molecule has 2 atom stereocenters. The first kappa shape index (κ1) is 27.1. The summed E-state index contributed by atoms with van der Waals surface area (Å²) in [5, 5.41) is 2.71. The zero-order chi connectivity index (χ0) is 27.3. The molecule has 2 N–H and O–H groups in total. The third-order valence-electron chi connectivity index (χ3n) is 6.83. The van der Waals surface area contributed by atoms with Crippen molar-refractivity contribution in [3.63, 3.8) is 0 Å². The molecule has 1 aromatic heterocycles. The summed E-state index contributed by atoms with van der Waals surface area (Å²) in [6.45, 7) is 5.08. The Balaban J connectivity index is 1.62. The Morgan fingerprint density at radius 1 is 1.14 bits per heavy atom. The van der Waals surface area contributed by atoms with Gasteiger partial charge in [0.1, 0.15) is 16.9 Å². The predicted octanol–water partition coefficient (Wildman–Crippen LogP) is 5.67. The Bertz CT molecular complexity index is 1170. The molecular weight excluding hydrogens is 499 g/mol. The number of hydrogen-bond acceptors (Lipinski definition) is 4. The van der Waals surface area contributed by atoms with E-state index in [1.54, 1.807) is 20.8 Å². The second kappa shape index (κ2) is 9.43. The number of likely N-dealkylation sites (tertiary alicyclic amines) is 1. The minimum absolute atomic E-state index is 0.000253. The number of nitrogens with zero attached hydrogens (tertiary/aromatic N) is 2. The number of ether oxygens (including phenoxy) is 1. The fourth-order valence-electron chi connectivity index (χ4n) is 4.87. The van der Waals surface area contributed by atoms with E-state index in [0.29, 0.717) is 0 Å². The molecule has 204 valence electrons. The summed E-state index contributed by atoms with van der Waals surface area (Å²) in [4.78, 5) is 33.4. The number of H-pyrrole nitrogens is 1. The average molecular weight is 531 g/mol. The van der Waals surface area contributed by atoms with Gasteiger partial charge in [-0.15, -0.1) is 0 Å². The van der Waals surface area contributed by atoms with Gasteiger partial charge in [-0.2, -0.15) is 0 Å². The lowest BCUT2D eigenvalue weighted by Crippen LogP contribution is -2.59. The minimum atomic E-state index is -2.94. The van der Waals surface area contributed by atoms with E-state index in [9.17, 15) is 27.2 Å². The van der Waals surface area contributed by atoms with Gasteiger partial charge < -0.3 is 19.9 Å². The SMILES string of the molecule is CC(C(=O)N1CC(F)(F)C1)c1ccc2[nH]c([C@@H](NC(=O)OC(C)(C)C)C3CCC(F)(F)CC3)nc2c1F. The van der Waals surface area contributed by atoms with Crippen LogP contribution in [-0.4, -0.2) is 57.4 Å². The molecule has 12 heteroatoms. The van der Waals surface area contributed by atoms with Crippen LogP contribution in [0.25, 0.3) is 11.0 Å². The number of alkyl halides is 4. The number of carbonyl (C=O) groups is 2. The summed E-state index contributed by atoms with van der Waals surface area (Å²) < 4.78 is 74.9. The third-order valence-corrected chi connectivity index (χ3v) is 6.83. The van der Waals surface area contributed by atoms with Crippen LogP contribution in [-0.2, 0) is 9.53 Å². The molecule has 1 aliphatic carbocycles. The van der Waals surface area contributed by atoms with Crippen molar-refractivity contribution < 1.29 is 36.3 Å². The quantitative estimate of drug-likeness (QED) is 0.488. The molecule has 1 unspecified atom stereocenters. The predicted molar refractivity (Wildman–Crippen MR) is 125 cm³/mol. The van der Waals surface area contributed by atoms with Crippen molar-refractivity contribution in [2.45, 2.75) is 82.8 Å². The van der Waals surface area contributed by atoms with Crippen molar-refractivity contribution >= 4 is 23.0 Å². The second-order valence-corrected chi connectivity index (χ2v) is 11.1. The molecular formula is C25H31F5N4O3. The second-order valence-electron chi connectivity index (χ2n) is 11.1. The fourth-order valence-corrected chi connectivity index (χ4v) is 4.87. The summed E-state index contributed by atoms with van der Waals surface area (Å²) in [7, 11) is 0. The van der Waals surface area contributed by atoms with Gasteiger partial charge in [0.25, 0.3) is 5.92 Å². The first-order chi connectivity index (χ1) is 17.1. The van der Waals surface area contributed by atoms with Crippen molar-refractivity contribution in [2.75, 3.05) is 13.1 Å². The number of halogens is 5. The number of aromatic amines is 1. The molecule has 1 saturated heterocycles. The highest BCUT2D eigenvalue weighted by Gasteiger charge is 2.47. The Morgan fingerprint density at radius 2 is 1.76 bits per heavy atom. The minimum Gasteiger partial charge on any atom is -0.444 e. The molecule has 1 aromatic carbocycles. The molecule has 7 nitrogen and oxygen atoms in total. The van der Waals surface area contributed by atoms with Crippen LogP contribution in [0.1, 0.15) is 76.7 Å². The molecule has 4 rings (SSSR count). The standard InChI is InChI=1S/C25H31F5N4O3/c1-13(21(35)34-11-25(29,30)12-34)15-5-6-16-19(17(15)26)32-20(31-16)18(33-22(36)37-23(2,3)4)14-7-9-24(27,28)10-8-14/h5-6,13-14,18H,7-12H2,1-4H3,(H,31,32)(H,33,36)/t13?,18-/m0/s1. The molecule has 1 saturated carbocycles. The molecule has 37 heavy (non-hydrogen) atoms. The lowest BCUT2D eigenvalue weighted by Gasteiger charge is -2.40. The monoisotopic (exact) mass is 530 g/mol. The zero-order valence-electron chi connectivity index (χ0n) is 21.1. The number of rotatable bonds is 5. The maximum Gasteiger partial charge on any atom is 0.408 e. The molecule has 1 aliphatic heterocycles. The van der Waals surface area contributed by atoms with E-state index in [2.05, 4.69) is 15.3 Å². The van der Waals surface area contributed by atoms with E-state index in [1.807, 2.05) is 0 Å². The molecule has 0 spiro atoms. The van der Waals surface area contributed by atoms with Crippen molar-refractivity contribution in [3.05, 3.63) is 29.3 Å². The van der Waals surface area contributed by atoms with Gasteiger partial charge in [0.05, 0.1) is 30.6 Å². The Morgan fingerprint density at radius 3 is 2.32 bits per heavy atom. The van der Waals surface area contributed by atoms with E-state index in [4.69, 9.17) is 4.74 Å². The van der Waals surface area contributed by atoms with E-state index >= 15 is 4.39 Å². The van der Waals surface area contributed by atoms with Gasteiger partial charge in [0.2, 0.25) is 11.8 Å². The number of benzene rings is 1. The highest BCUT2D eigenvalue weighted by molar-refractivity contribution is 5.86. The van der Waals surface area contributed by atoms with Gasteiger partial charge >= 0.3 is 6.09 Å².